The van der Waals surface area contributed by atoms with Gasteiger partial charge in [0.25, 0.3) is 0 Å². The summed E-state index contributed by atoms with van der Waals surface area (Å²) >= 11 is 0. The normalized spacial score (nSPS) is 20.0. The van der Waals surface area contributed by atoms with Gasteiger partial charge in [0.2, 0.25) is 11.8 Å². The summed E-state index contributed by atoms with van der Waals surface area (Å²) < 4.78 is 0. The van der Waals surface area contributed by atoms with E-state index in [9.17, 15) is 9.59 Å². The fourth-order valence-electron chi connectivity index (χ4n) is 2.15. The Bertz CT molecular complexity index is 318. The molecule has 0 aromatic carbocycles. The first-order valence-electron chi connectivity index (χ1n) is 7.77. The molecule has 1 aliphatic rings. The van der Waals surface area contributed by atoms with Crippen molar-refractivity contribution in [2.24, 2.45) is 23.7 Å². The highest BCUT2D eigenvalue weighted by atomic mass is 16.2. The van der Waals surface area contributed by atoms with Crippen LogP contribution in [0.4, 0.5) is 0 Å². The van der Waals surface area contributed by atoms with Crippen LogP contribution in [0.15, 0.2) is 0 Å². The summed E-state index contributed by atoms with van der Waals surface area (Å²) in [7, 11) is 0. The second-order valence-corrected chi connectivity index (χ2v) is 6.99. The van der Waals surface area contributed by atoms with E-state index >= 15 is 0 Å². The number of carbonyl (C=O) groups is 2. The Kier molecular flexibility index (Phi) is 6.03. The van der Waals surface area contributed by atoms with E-state index in [1.807, 2.05) is 0 Å². The van der Waals surface area contributed by atoms with Gasteiger partial charge in [-0.05, 0) is 23.7 Å². The average Bonchev–Trinajstić information content (AvgIpc) is 2.34. The number of amides is 2. The summed E-state index contributed by atoms with van der Waals surface area (Å²) in [6, 6.07) is 0. The van der Waals surface area contributed by atoms with E-state index < -0.39 is 0 Å². The predicted octanol–water partition coefficient (Wildman–Crippen LogP) is 2.24. The maximum Gasteiger partial charge on any atom is 0.242 e. The zero-order valence-corrected chi connectivity index (χ0v) is 13.8. The molecular weight excluding hydrogens is 252 g/mol. The maximum atomic E-state index is 12.2. The van der Waals surface area contributed by atoms with E-state index in [2.05, 4.69) is 41.5 Å². The molecule has 2 atom stereocenters. The number of carbonyl (C=O) groups excluding carboxylic acids is 2. The van der Waals surface area contributed by atoms with Crippen LogP contribution >= 0.6 is 0 Å². The van der Waals surface area contributed by atoms with Gasteiger partial charge in [-0.15, -0.1) is 0 Å². The van der Waals surface area contributed by atoms with Crippen molar-refractivity contribution in [1.82, 2.24) is 9.80 Å². The predicted molar refractivity (Wildman–Crippen MR) is 81.2 cm³/mol. The van der Waals surface area contributed by atoms with Crippen LogP contribution in [0, 0.1) is 23.7 Å². The molecule has 1 saturated heterocycles. The molecule has 4 nitrogen and oxygen atoms in total. The first-order valence-corrected chi connectivity index (χ1v) is 7.77. The molecule has 1 rings (SSSR count). The quantitative estimate of drug-likeness (QED) is 0.749. The third-order valence-electron chi connectivity index (χ3n) is 4.65. The van der Waals surface area contributed by atoms with Gasteiger partial charge in [0, 0.05) is 13.1 Å². The first-order chi connectivity index (χ1) is 9.22. The minimum absolute atomic E-state index is 0.0908. The van der Waals surface area contributed by atoms with Crippen LogP contribution in [0.1, 0.15) is 41.5 Å². The molecule has 116 valence electrons. The fourth-order valence-corrected chi connectivity index (χ4v) is 2.15. The number of nitrogens with zero attached hydrogens (tertiary/aromatic N) is 2. The van der Waals surface area contributed by atoms with E-state index in [0.29, 0.717) is 36.8 Å². The molecule has 2 amide bonds. The average molecular weight is 282 g/mol. The van der Waals surface area contributed by atoms with E-state index in [1.54, 1.807) is 9.80 Å². The lowest BCUT2D eigenvalue weighted by Gasteiger charge is -2.37. The number of hydrogen-bond donors (Lipinski definition) is 0. The first kappa shape index (κ1) is 17.0. The molecule has 1 fully saturated rings. The minimum Gasteiger partial charge on any atom is -0.332 e. The Morgan fingerprint density at radius 2 is 1.05 bits per heavy atom. The zero-order chi connectivity index (χ0) is 15.4. The zero-order valence-electron chi connectivity index (χ0n) is 13.8. The molecule has 0 radical (unpaired) electrons. The highest BCUT2D eigenvalue weighted by Gasteiger charge is 2.31. The van der Waals surface area contributed by atoms with Gasteiger partial charge < -0.3 is 9.80 Å². The minimum atomic E-state index is 0.0908. The Labute approximate surface area is 123 Å². The molecule has 0 aromatic rings. The molecule has 20 heavy (non-hydrogen) atoms. The van der Waals surface area contributed by atoms with Gasteiger partial charge in [-0.2, -0.15) is 0 Å². The van der Waals surface area contributed by atoms with Crippen LogP contribution in [0.5, 0.6) is 0 Å². The SMILES string of the molecule is CC(C)C(C)CN1CC(=O)N(CC(C)C(C)C)CC1=O. The van der Waals surface area contributed by atoms with Gasteiger partial charge >= 0.3 is 0 Å². The second kappa shape index (κ2) is 7.09. The van der Waals surface area contributed by atoms with Gasteiger partial charge in [0.1, 0.15) is 0 Å². The lowest BCUT2D eigenvalue weighted by molar-refractivity contribution is -0.151. The van der Waals surface area contributed by atoms with Crippen LogP contribution in [0.2, 0.25) is 0 Å². The third-order valence-corrected chi connectivity index (χ3v) is 4.65. The van der Waals surface area contributed by atoms with E-state index in [0.717, 1.165) is 0 Å². The largest absolute Gasteiger partial charge is 0.332 e. The van der Waals surface area contributed by atoms with Crippen molar-refractivity contribution >= 4 is 11.8 Å². The maximum absolute atomic E-state index is 12.2. The standard InChI is InChI=1S/C16H30N2O2/c1-11(2)13(5)7-17-9-16(20)18(10-15(17)19)8-14(6)12(3)4/h11-14H,7-10H2,1-6H3. The van der Waals surface area contributed by atoms with Gasteiger partial charge in [0.15, 0.2) is 0 Å². The smallest absolute Gasteiger partial charge is 0.242 e. The summed E-state index contributed by atoms with van der Waals surface area (Å²) in [6.07, 6.45) is 0. The van der Waals surface area contributed by atoms with Gasteiger partial charge in [-0.25, -0.2) is 0 Å². The Morgan fingerprint density at radius 1 is 0.750 bits per heavy atom. The van der Waals surface area contributed by atoms with E-state index in [4.69, 9.17) is 0 Å². The van der Waals surface area contributed by atoms with Gasteiger partial charge in [-0.3, -0.25) is 9.59 Å². The molecule has 1 heterocycles. The van der Waals surface area contributed by atoms with Crippen LogP contribution in [0.25, 0.3) is 0 Å². The van der Waals surface area contributed by atoms with E-state index in [-0.39, 0.29) is 24.9 Å². The number of hydrogen-bond acceptors (Lipinski definition) is 2. The molecular formula is C16H30N2O2. The van der Waals surface area contributed by atoms with Crippen molar-refractivity contribution in [3.63, 3.8) is 0 Å². The molecule has 0 aliphatic carbocycles. The van der Waals surface area contributed by atoms with Gasteiger partial charge in [0.05, 0.1) is 13.1 Å². The molecule has 0 spiro atoms. The lowest BCUT2D eigenvalue weighted by atomic mass is 9.96. The molecule has 0 saturated carbocycles. The molecule has 2 unspecified atom stereocenters. The lowest BCUT2D eigenvalue weighted by Crippen LogP contribution is -2.55. The van der Waals surface area contributed by atoms with Gasteiger partial charge in [-0.1, -0.05) is 41.5 Å². The summed E-state index contributed by atoms with van der Waals surface area (Å²) in [5.74, 6) is 2.08. The van der Waals surface area contributed by atoms with Crippen molar-refractivity contribution in [2.75, 3.05) is 26.2 Å². The topological polar surface area (TPSA) is 40.6 Å². The molecule has 0 N–H and O–H groups in total. The van der Waals surface area contributed by atoms with Crippen LogP contribution < -0.4 is 0 Å². The van der Waals surface area contributed by atoms with E-state index in [1.165, 1.54) is 0 Å². The summed E-state index contributed by atoms with van der Waals surface area (Å²) in [5, 5.41) is 0. The third kappa shape index (κ3) is 4.50. The number of rotatable bonds is 6. The van der Waals surface area contributed by atoms with Crippen molar-refractivity contribution in [3.8, 4) is 0 Å². The molecule has 0 aromatic heterocycles. The van der Waals surface area contributed by atoms with Crippen molar-refractivity contribution in [1.29, 1.82) is 0 Å². The summed E-state index contributed by atoms with van der Waals surface area (Å²) in [4.78, 5) is 27.8. The fraction of sp³-hybridized carbons (Fsp3) is 0.875. The van der Waals surface area contributed by atoms with Crippen molar-refractivity contribution in [3.05, 3.63) is 0 Å². The molecule has 0 bridgehead atoms. The van der Waals surface area contributed by atoms with Crippen LogP contribution in [-0.2, 0) is 9.59 Å². The monoisotopic (exact) mass is 282 g/mol. The van der Waals surface area contributed by atoms with Crippen LogP contribution in [-0.4, -0.2) is 47.8 Å². The highest BCUT2D eigenvalue weighted by molar-refractivity contribution is 5.92. The van der Waals surface area contributed by atoms with Crippen molar-refractivity contribution < 1.29 is 9.59 Å². The Morgan fingerprint density at radius 3 is 1.30 bits per heavy atom. The Hall–Kier alpha value is -1.06. The van der Waals surface area contributed by atoms with Crippen molar-refractivity contribution in [2.45, 2.75) is 41.5 Å². The number of piperazine rings is 1. The van der Waals surface area contributed by atoms with Crippen LogP contribution in [0.3, 0.4) is 0 Å². The second-order valence-electron chi connectivity index (χ2n) is 6.99. The Balaban J connectivity index is 2.58. The molecule has 4 heteroatoms. The summed E-state index contributed by atoms with van der Waals surface area (Å²) in [5.41, 5.74) is 0. The summed E-state index contributed by atoms with van der Waals surface area (Å²) in [6.45, 7) is 14.8. The highest BCUT2D eigenvalue weighted by Crippen LogP contribution is 2.17. The molecule has 1 aliphatic heterocycles.